The minimum absolute atomic E-state index is 0.0389. The Morgan fingerprint density at radius 1 is 1.10 bits per heavy atom. The summed E-state index contributed by atoms with van der Waals surface area (Å²) in [5.41, 5.74) is 4.00. The molecule has 1 fully saturated rings. The summed E-state index contributed by atoms with van der Waals surface area (Å²) in [6.07, 6.45) is 0.894. The van der Waals surface area contributed by atoms with Gasteiger partial charge in [0, 0.05) is 24.8 Å². The lowest BCUT2D eigenvalue weighted by atomic mass is 10.0. The quantitative estimate of drug-likeness (QED) is 0.420. The number of aryl methyl sites for hydroxylation is 3. The molecule has 1 amide bonds. The molecule has 1 N–H and O–H groups in total. The average molecular weight is 425 g/mol. The van der Waals surface area contributed by atoms with Crippen LogP contribution >= 0.6 is 0 Å². The molecule has 0 saturated carbocycles. The van der Waals surface area contributed by atoms with Crippen LogP contribution in [0.3, 0.4) is 0 Å². The highest BCUT2D eigenvalue weighted by Crippen LogP contribution is 2.32. The summed E-state index contributed by atoms with van der Waals surface area (Å²) in [5, 5.41) is 14.3. The lowest BCUT2D eigenvalue weighted by Gasteiger charge is -2.18. The van der Waals surface area contributed by atoms with Crippen LogP contribution in [0.5, 0.6) is 0 Å². The van der Waals surface area contributed by atoms with Crippen molar-refractivity contribution < 1.29 is 19.2 Å². The molecule has 0 radical (unpaired) electrons. The normalized spacial score (nSPS) is 14.3. The van der Waals surface area contributed by atoms with Gasteiger partial charge in [0.1, 0.15) is 5.69 Å². The minimum atomic E-state index is -1.06. The van der Waals surface area contributed by atoms with E-state index < -0.39 is 22.9 Å². The third-order valence-corrected chi connectivity index (χ3v) is 5.43. The van der Waals surface area contributed by atoms with Crippen molar-refractivity contribution in [2.45, 2.75) is 46.6 Å². The van der Waals surface area contributed by atoms with Crippen LogP contribution in [-0.4, -0.2) is 36.0 Å². The Balaban J connectivity index is 1.72. The van der Waals surface area contributed by atoms with Crippen molar-refractivity contribution in [3.05, 3.63) is 62.7 Å². The number of anilines is 2. The molecule has 2 aromatic rings. The van der Waals surface area contributed by atoms with Crippen LogP contribution in [0.15, 0.2) is 30.3 Å². The van der Waals surface area contributed by atoms with Crippen molar-refractivity contribution in [2.75, 3.05) is 23.3 Å². The van der Waals surface area contributed by atoms with Crippen molar-refractivity contribution in [2.24, 2.45) is 0 Å². The lowest BCUT2D eigenvalue weighted by Crippen LogP contribution is -2.30. The van der Waals surface area contributed by atoms with Crippen molar-refractivity contribution in [1.82, 2.24) is 0 Å². The van der Waals surface area contributed by atoms with Gasteiger partial charge in [-0.1, -0.05) is 17.7 Å². The number of nitro benzene ring substituents is 1. The largest absolute Gasteiger partial charge is 0.449 e. The van der Waals surface area contributed by atoms with Crippen LogP contribution in [-0.2, 0) is 9.53 Å². The van der Waals surface area contributed by atoms with Gasteiger partial charge in [-0.3, -0.25) is 14.9 Å². The van der Waals surface area contributed by atoms with Gasteiger partial charge in [0.2, 0.25) is 0 Å². The number of nitrogens with one attached hydrogen (secondary N) is 1. The van der Waals surface area contributed by atoms with Crippen LogP contribution in [0.4, 0.5) is 17.1 Å². The Morgan fingerprint density at radius 2 is 1.71 bits per heavy atom. The zero-order valence-electron chi connectivity index (χ0n) is 18.2. The predicted octanol–water partition coefficient (Wildman–Crippen LogP) is 4.30. The first-order chi connectivity index (χ1) is 14.7. The van der Waals surface area contributed by atoms with E-state index in [1.165, 1.54) is 19.1 Å². The number of amides is 1. The van der Waals surface area contributed by atoms with Crippen LogP contribution in [0.2, 0.25) is 0 Å². The fourth-order valence-corrected chi connectivity index (χ4v) is 3.91. The van der Waals surface area contributed by atoms with E-state index in [1.54, 1.807) is 6.07 Å². The second kappa shape index (κ2) is 9.16. The van der Waals surface area contributed by atoms with Crippen LogP contribution in [0.1, 0.15) is 46.8 Å². The summed E-state index contributed by atoms with van der Waals surface area (Å²) in [5.74, 6) is -1.25. The molecule has 1 aliphatic heterocycles. The van der Waals surface area contributed by atoms with Crippen molar-refractivity contribution in [1.29, 1.82) is 0 Å². The molecule has 164 valence electrons. The van der Waals surface area contributed by atoms with Gasteiger partial charge >= 0.3 is 5.97 Å². The van der Waals surface area contributed by atoms with E-state index in [9.17, 15) is 19.7 Å². The van der Waals surface area contributed by atoms with Crippen LogP contribution in [0.25, 0.3) is 0 Å². The molecule has 8 heteroatoms. The summed E-state index contributed by atoms with van der Waals surface area (Å²) < 4.78 is 5.29. The number of carbonyl (C=O) groups is 2. The maximum absolute atomic E-state index is 12.6. The monoisotopic (exact) mass is 425 g/mol. The smallest absolute Gasteiger partial charge is 0.339 e. The number of hydrogen-bond donors (Lipinski definition) is 1. The Bertz CT molecular complexity index is 1000. The van der Waals surface area contributed by atoms with Gasteiger partial charge in [-0.15, -0.1) is 0 Å². The molecular formula is C23H27N3O5. The lowest BCUT2D eigenvalue weighted by molar-refractivity contribution is -0.384. The van der Waals surface area contributed by atoms with Gasteiger partial charge in [0.05, 0.1) is 10.5 Å². The fraction of sp³-hybridized carbons (Fsp3) is 0.391. The number of nitrogens with zero attached hydrogens (tertiary/aromatic N) is 2. The van der Waals surface area contributed by atoms with Crippen molar-refractivity contribution in [3.8, 4) is 0 Å². The molecule has 0 aliphatic carbocycles. The maximum atomic E-state index is 12.6. The number of ether oxygens (including phenoxy) is 1. The summed E-state index contributed by atoms with van der Waals surface area (Å²) in [4.78, 5) is 38.1. The first-order valence-electron chi connectivity index (χ1n) is 10.3. The number of rotatable bonds is 6. The Kier molecular flexibility index (Phi) is 6.58. The zero-order chi connectivity index (χ0) is 22.7. The third-order valence-electron chi connectivity index (χ3n) is 5.43. The number of hydrogen-bond acceptors (Lipinski definition) is 6. The van der Waals surface area contributed by atoms with Crippen molar-refractivity contribution in [3.63, 3.8) is 0 Å². The standard InChI is InChI=1S/C23H27N3O5/c1-14-11-15(2)21(16(3)12-14)24-22(27)17(4)31-23(28)18-7-8-19(20(13-18)26(29)30)25-9-5-6-10-25/h7-8,11-13,17H,5-6,9-10H2,1-4H3,(H,24,27)/t17-/m0/s1. The van der Waals surface area contributed by atoms with E-state index in [1.807, 2.05) is 37.8 Å². The van der Waals surface area contributed by atoms with Crippen LogP contribution < -0.4 is 10.2 Å². The van der Waals surface area contributed by atoms with Gasteiger partial charge in [-0.25, -0.2) is 4.79 Å². The number of benzene rings is 2. The zero-order valence-corrected chi connectivity index (χ0v) is 18.2. The second-order valence-corrected chi connectivity index (χ2v) is 7.97. The first-order valence-corrected chi connectivity index (χ1v) is 10.3. The third kappa shape index (κ3) is 5.02. The number of carbonyl (C=O) groups excluding carboxylic acids is 2. The number of esters is 1. The highest BCUT2D eigenvalue weighted by molar-refractivity contribution is 5.98. The van der Waals surface area contributed by atoms with E-state index in [0.29, 0.717) is 11.4 Å². The topological polar surface area (TPSA) is 102 Å². The molecule has 1 saturated heterocycles. The molecule has 1 atom stereocenters. The van der Waals surface area contributed by atoms with E-state index in [2.05, 4.69) is 5.32 Å². The van der Waals surface area contributed by atoms with Gasteiger partial charge in [-0.2, -0.15) is 0 Å². The molecule has 1 aliphatic rings. The van der Waals surface area contributed by atoms with Crippen LogP contribution in [0, 0.1) is 30.9 Å². The van der Waals surface area contributed by atoms with E-state index in [4.69, 9.17) is 4.74 Å². The van der Waals surface area contributed by atoms with E-state index >= 15 is 0 Å². The molecule has 0 unspecified atom stereocenters. The van der Waals surface area contributed by atoms with Gasteiger partial charge in [0.25, 0.3) is 11.6 Å². The molecule has 1 heterocycles. The molecule has 31 heavy (non-hydrogen) atoms. The summed E-state index contributed by atoms with van der Waals surface area (Å²) in [6.45, 7) is 8.74. The summed E-state index contributed by atoms with van der Waals surface area (Å²) in [7, 11) is 0. The second-order valence-electron chi connectivity index (χ2n) is 7.97. The molecular weight excluding hydrogens is 398 g/mol. The molecule has 2 aromatic carbocycles. The highest BCUT2D eigenvalue weighted by Gasteiger charge is 2.26. The Morgan fingerprint density at radius 3 is 2.29 bits per heavy atom. The fourth-order valence-electron chi connectivity index (χ4n) is 3.91. The molecule has 3 rings (SSSR count). The Labute approximate surface area is 181 Å². The van der Waals surface area contributed by atoms with E-state index in [0.717, 1.165) is 42.6 Å². The van der Waals surface area contributed by atoms with Crippen molar-refractivity contribution >= 4 is 28.9 Å². The van der Waals surface area contributed by atoms with Gasteiger partial charge in [0.15, 0.2) is 6.10 Å². The molecule has 0 bridgehead atoms. The number of nitro groups is 1. The molecule has 8 nitrogen and oxygen atoms in total. The highest BCUT2D eigenvalue weighted by atomic mass is 16.6. The molecule has 0 aromatic heterocycles. The average Bonchev–Trinajstić information content (AvgIpc) is 3.24. The Hall–Kier alpha value is -3.42. The SMILES string of the molecule is Cc1cc(C)c(NC(=O)[C@H](C)OC(=O)c2ccc(N3CCCC3)c([N+](=O)[O-])c2)c(C)c1. The summed E-state index contributed by atoms with van der Waals surface area (Å²) >= 11 is 0. The van der Waals surface area contributed by atoms with Gasteiger partial charge < -0.3 is 15.0 Å². The summed E-state index contributed by atoms with van der Waals surface area (Å²) in [6, 6.07) is 8.21. The van der Waals surface area contributed by atoms with Gasteiger partial charge in [-0.05, 0) is 63.8 Å². The minimum Gasteiger partial charge on any atom is -0.449 e. The maximum Gasteiger partial charge on any atom is 0.339 e. The predicted molar refractivity (Wildman–Crippen MR) is 119 cm³/mol. The first kappa shape index (κ1) is 22.3. The molecule has 0 spiro atoms. The van der Waals surface area contributed by atoms with E-state index in [-0.39, 0.29) is 11.3 Å².